The zero-order valence-corrected chi connectivity index (χ0v) is 12.0. The van der Waals surface area contributed by atoms with Crippen LogP contribution in [0.25, 0.3) is 6.08 Å². The van der Waals surface area contributed by atoms with Gasteiger partial charge in [0.1, 0.15) is 0 Å². The van der Waals surface area contributed by atoms with Crippen LogP contribution in [0.3, 0.4) is 0 Å². The van der Waals surface area contributed by atoms with Gasteiger partial charge in [-0.05, 0) is 40.5 Å². The van der Waals surface area contributed by atoms with Crippen molar-refractivity contribution in [2.45, 2.75) is 13.8 Å². The number of hydrogen-bond acceptors (Lipinski definition) is 4. The molecule has 6 heteroatoms. The topological polar surface area (TPSA) is 61.6 Å². The molecule has 5 nitrogen and oxygen atoms in total. The van der Waals surface area contributed by atoms with E-state index < -0.39 is 4.92 Å². The van der Waals surface area contributed by atoms with Crippen LogP contribution in [0.4, 0.5) is 0 Å². The number of ether oxygens (including phenoxy) is 2. The Bertz CT molecular complexity index is 485. The Hall–Kier alpha value is -1.56. The molecule has 0 heterocycles. The zero-order valence-electron chi connectivity index (χ0n) is 10.4. The summed E-state index contributed by atoms with van der Waals surface area (Å²) in [5.41, 5.74) is 0.740. The molecule has 1 rings (SSSR count). The Morgan fingerprint density at radius 2 is 2.22 bits per heavy atom. The maximum absolute atomic E-state index is 10.6. The number of nitro groups is 1. The van der Waals surface area contributed by atoms with Crippen LogP contribution in [0, 0.1) is 10.1 Å². The van der Waals surface area contributed by atoms with E-state index in [-0.39, 0.29) is 5.70 Å². The van der Waals surface area contributed by atoms with Gasteiger partial charge in [-0.15, -0.1) is 0 Å². The second kappa shape index (κ2) is 6.39. The van der Waals surface area contributed by atoms with Crippen LogP contribution in [-0.4, -0.2) is 18.6 Å². The van der Waals surface area contributed by atoms with E-state index in [1.807, 2.05) is 6.92 Å². The van der Waals surface area contributed by atoms with Gasteiger partial charge in [0, 0.05) is 13.0 Å². The minimum absolute atomic E-state index is 0.0631. The van der Waals surface area contributed by atoms with Gasteiger partial charge < -0.3 is 9.47 Å². The van der Waals surface area contributed by atoms with Crippen LogP contribution in [0.1, 0.15) is 19.4 Å². The molecule has 0 saturated carbocycles. The van der Waals surface area contributed by atoms with Gasteiger partial charge in [0.2, 0.25) is 5.70 Å². The number of hydrogen-bond donors (Lipinski definition) is 0. The lowest BCUT2D eigenvalue weighted by molar-refractivity contribution is -0.422. The fraction of sp³-hybridized carbons (Fsp3) is 0.333. The number of benzene rings is 1. The Balaban J connectivity index is 3.22. The Morgan fingerprint density at radius 3 is 2.72 bits per heavy atom. The van der Waals surface area contributed by atoms with Crippen molar-refractivity contribution in [2.24, 2.45) is 0 Å². The van der Waals surface area contributed by atoms with E-state index in [2.05, 4.69) is 15.9 Å². The molecular formula is C12H14BrNO4. The summed E-state index contributed by atoms with van der Waals surface area (Å²) in [5.74, 6) is 1.13. The van der Waals surface area contributed by atoms with Crippen molar-refractivity contribution in [3.63, 3.8) is 0 Å². The molecule has 0 aliphatic heterocycles. The standard InChI is InChI=1S/C12H14BrNO4/c1-4-18-12-10(13)6-9(7-11(12)17-3)5-8(2)14(15)16/h5-7H,4H2,1-3H3/b8-5+. The van der Waals surface area contributed by atoms with E-state index in [0.29, 0.717) is 28.1 Å². The smallest absolute Gasteiger partial charge is 0.243 e. The maximum atomic E-state index is 10.6. The van der Waals surface area contributed by atoms with Crippen molar-refractivity contribution in [3.8, 4) is 11.5 Å². The van der Waals surface area contributed by atoms with Crippen molar-refractivity contribution in [1.29, 1.82) is 0 Å². The highest BCUT2D eigenvalue weighted by atomic mass is 79.9. The molecule has 0 saturated heterocycles. The van der Waals surface area contributed by atoms with Crippen molar-refractivity contribution in [2.75, 3.05) is 13.7 Å². The van der Waals surface area contributed by atoms with Gasteiger partial charge in [0.25, 0.3) is 0 Å². The average Bonchev–Trinajstić information content (AvgIpc) is 2.32. The van der Waals surface area contributed by atoms with Crippen molar-refractivity contribution in [1.82, 2.24) is 0 Å². The summed E-state index contributed by atoms with van der Waals surface area (Å²) in [7, 11) is 1.53. The molecular weight excluding hydrogens is 302 g/mol. The molecule has 0 atom stereocenters. The number of rotatable bonds is 5. The van der Waals surface area contributed by atoms with Gasteiger partial charge in [-0.2, -0.15) is 0 Å². The first-order chi connectivity index (χ1) is 8.49. The molecule has 0 aliphatic rings. The minimum atomic E-state index is -0.434. The molecule has 0 unspecified atom stereocenters. The fourth-order valence-electron chi connectivity index (χ4n) is 1.40. The third-order valence-corrected chi connectivity index (χ3v) is 2.79. The number of nitrogens with zero attached hydrogens (tertiary/aromatic N) is 1. The first-order valence-electron chi connectivity index (χ1n) is 5.32. The molecule has 0 bridgehead atoms. The maximum Gasteiger partial charge on any atom is 0.243 e. The van der Waals surface area contributed by atoms with E-state index in [4.69, 9.17) is 9.47 Å². The van der Waals surface area contributed by atoms with Crippen LogP contribution < -0.4 is 9.47 Å². The van der Waals surface area contributed by atoms with Crippen LogP contribution in [0.2, 0.25) is 0 Å². The summed E-state index contributed by atoms with van der Waals surface area (Å²) < 4.78 is 11.3. The summed E-state index contributed by atoms with van der Waals surface area (Å²) in [4.78, 5) is 10.1. The molecule has 0 fully saturated rings. The lowest BCUT2D eigenvalue weighted by Crippen LogP contribution is -1.97. The largest absolute Gasteiger partial charge is 0.493 e. The minimum Gasteiger partial charge on any atom is -0.493 e. The highest BCUT2D eigenvalue weighted by molar-refractivity contribution is 9.10. The van der Waals surface area contributed by atoms with E-state index in [1.165, 1.54) is 20.1 Å². The highest BCUT2D eigenvalue weighted by Gasteiger charge is 2.12. The third kappa shape index (κ3) is 3.46. The van der Waals surface area contributed by atoms with Gasteiger partial charge in [-0.3, -0.25) is 10.1 Å². The van der Waals surface area contributed by atoms with Crippen molar-refractivity contribution in [3.05, 3.63) is 38.0 Å². The lowest BCUT2D eigenvalue weighted by Gasteiger charge is -2.12. The number of halogens is 1. The predicted molar refractivity (Wildman–Crippen MR) is 72.5 cm³/mol. The van der Waals surface area contributed by atoms with Crippen LogP contribution in [0.15, 0.2) is 22.3 Å². The molecule has 98 valence electrons. The molecule has 0 aromatic heterocycles. The monoisotopic (exact) mass is 315 g/mol. The summed E-state index contributed by atoms with van der Waals surface area (Å²) in [6, 6.07) is 3.45. The van der Waals surface area contributed by atoms with Crippen LogP contribution >= 0.6 is 15.9 Å². The van der Waals surface area contributed by atoms with Gasteiger partial charge in [0.15, 0.2) is 11.5 Å². The Kier molecular flexibility index (Phi) is 5.15. The van der Waals surface area contributed by atoms with Crippen LogP contribution in [-0.2, 0) is 0 Å². The van der Waals surface area contributed by atoms with Crippen LogP contribution in [0.5, 0.6) is 11.5 Å². The normalized spacial score (nSPS) is 11.2. The Morgan fingerprint density at radius 1 is 1.56 bits per heavy atom. The average molecular weight is 316 g/mol. The van der Waals surface area contributed by atoms with Gasteiger partial charge in [-0.1, -0.05) is 0 Å². The molecule has 1 aromatic carbocycles. The predicted octanol–water partition coefficient (Wildman–Crippen LogP) is 3.49. The second-order valence-electron chi connectivity index (χ2n) is 3.51. The van der Waals surface area contributed by atoms with Crippen molar-refractivity contribution < 1.29 is 14.4 Å². The summed E-state index contributed by atoms with van der Waals surface area (Å²) in [6.45, 7) is 3.82. The molecule has 0 aliphatic carbocycles. The lowest BCUT2D eigenvalue weighted by atomic mass is 10.1. The third-order valence-electron chi connectivity index (χ3n) is 2.20. The highest BCUT2D eigenvalue weighted by Crippen LogP contribution is 2.37. The zero-order chi connectivity index (χ0) is 13.7. The molecule has 0 N–H and O–H groups in total. The van der Waals surface area contributed by atoms with Gasteiger partial charge in [0.05, 0.1) is 23.1 Å². The van der Waals surface area contributed by atoms with Gasteiger partial charge >= 0.3 is 0 Å². The van der Waals surface area contributed by atoms with E-state index in [0.717, 1.165) is 0 Å². The summed E-state index contributed by atoms with van der Waals surface area (Å²) >= 11 is 3.36. The van der Waals surface area contributed by atoms with E-state index in [9.17, 15) is 10.1 Å². The summed E-state index contributed by atoms with van der Waals surface area (Å²) in [5, 5.41) is 10.6. The SMILES string of the molecule is CCOc1c(Br)cc(/C=C(\C)[N+](=O)[O-])cc1OC. The van der Waals surface area contributed by atoms with E-state index >= 15 is 0 Å². The number of allylic oxidation sites excluding steroid dienone is 1. The quantitative estimate of drug-likeness (QED) is 0.616. The molecule has 0 amide bonds. The molecule has 1 aromatic rings. The second-order valence-corrected chi connectivity index (χ2v) is 4.36. The molecule has 0 spiro atoms. The van der Waals surface area contributed by atoms with Crippen molar-refractivity contribution >= 4 is 22.0 Å². The first kappa shape index (κ1) is 14.5. The van der Waals surface area contributed by atoms with Gasteiger partial charge in [-0.25, -0.2) is 0 Å². The first-order valence-corrected chi connectivity index (χ1v) is 6.12. The Labute approximate surface area is 114 Å². The molecule has 18 heavy (non-hydrogen) atoms. The fourth-order valence-corrected chi connectivity index (χ4v) is 1.98. The number of methoxy groups -OCH3 is 1. The summed E-state index contributed by atoms with van der Waals surface area (Å²) in [6.07, 6.45) is 1.48. The van der Waals surface area contributed by atoms with E-state index in [1.54, 1.807) is 12.1 Å². The molecule has 0 radical (unpaired) electrons.